The summed E-state index contributed by atoms with van der Waals surface area (Å²) in [6.45, 7) is 8.87. The van der Waals surface area contributed by atoms with Gasteiger partial charge in [-0.15, -0.1) is 0 Å². The van der Waals surface area contributed by atoms with Crippen molar-refractivity contribution in [3.63, 3.8) is 0 Å². The fourth-order valence-corrected chi connectivity index (χ4v) is 1.72. The van der Waals surface area contributed by atoms with Crippen LogP contribution in [0.5, 0.6) is 5.75 Å². The number of benzene rings is 1. The predicted octanol–water partition coefficient (Wildman–Crippen LogP) is 3.18. The first kappa shape index (κ1) is 15.5. The van der Waals surface area contributed by atoms with Crippen LogP contribution in [0.3, 0.4) is 0 Å². The first-order valence-corrected chi connectivity index (χ1v) is 7.06. The van der Waals surface area contributed by atoms with Gasteiger partial charge in [-0.3, -0.25) is 4.79 Å². The Labute approximate surface area is 116 Å². The summed E-state index contributed by atoms with van der Waals surface area (Å²) in [7, 11) is 0. The molecule has 0 aliphatic heterocycles. The lowest BCUT2D eigenvalue weighted by atomic mass is 10.1. The maximum absolute atomic E-state index is 11.8. The molecule has 3 heteroatoms. The normalized spacial score (nSPS) is 12.3. The fraction of sp³-hybridized carbons (Fsp3) is 0.562. The molecule has 0 aliphatic carbocycles. The topological polar surface area (TPSA) is 38.3 Å². The summed E-state index contributed by atoms with van der Waals surface area (Å²) < 4.78 is 5.66. The summed E-state index contributed by atoms with van der Waals surface area (Å²) in [6.07, 6.45) is 1.50. The van der Waals surface area contributed by atoms with Crippen LogP contribution >= 0.6 is 0 Å². The van der Waals surface area contributed by atoms with E-state index in [1.165, 1.54) is 5.56 Å². The molecule has 0 aliphatic rings. The molecule has 1 N–H and O–H groups in total. The lowest BCUT2D eigenvalue weighted by Gasteiger charge is -2.15. The SMILES string of the molecule is CCc1cccc(OC(C)C(=O)NCCC(C)C)c1. The van der Waals surface area contributed by atoms with Gasteiger partial charge in [0.1, 0.15) is 5.75 Å². The molecular weight excluding hydrogens is 238 g/mol. The third-order valence-corrected chi connectivity index (χ3v) is 3.01. The van der Waals surface area contributed by atoms with E-state index in [1.54, 1.807) is 6.92 Å². The molecule has 1 aromatic carbocycles. The number of carbonyl (C=O) groups excluding carboxylic acids is 1. The zero-order valence-corrected chi connectivity index (χ0v) is 12.4. The van der Waals surface area contributed by atoms with Crippen molar-refractivity contribution < 1.29 is 9.53 Å². The van der Waals surface area contributed by atoms with Gasteiger partial charge in [0.05, 0.1) is 0 Å². The van der Waals surface area contributed by atoms with Crippen LogP contribution in [0.4, 0.5) is 0 Å². The smallest absolute Gasteiger partial charge is 0.260 e. The first-order valence-electron chi connectivity index (χ1n) is 7.06. The number of rotatable bonds is 7. The van der Waals surface area contributed by atoms with Crippen LogP contribution in [0.15, 0.2) is 24.3 Å². The Kier molecular flexibility index (Phi) is 6.40. The van der Waals surface area contributed by atoms with Crippen molar-refractivity contribution in [2.24, 2.45) is 5.92 Å². The highest BCUT2D eigenvalue weighted by Gasteiger charge is 2.14. The second-order valence-electron chi connectivity index (χ2n) is 5.23. The molecule has 1 aromatic rings. The number of amides is 1. The van der Waals surface area contributed by atoms with Crippen LogP contribution < -0.4 is 10.1 Å². The largest absolute Gasteiger partial charge is 0.481 e. The Bertz CT molecular complexity index is 401. The van der Waals surface area contributed by atoms with Gasteiger partial charge in [-0.2, -0.15) is 0 Å². The number of hydrogen-bond acceptors (Lipinski definition) is 2. The molecule has 0 bridgehead atoms. The molecule has 1 rings (SSSR count). The Balaban J connectivity index is 2.44. The lowest BCUT2D eigenvalue weighted by Crippen LogP contribution is -2.37. The lowest BCUT2D eigenvalue weighted by molar-refractivity contribution is -0.127. The van der Waals surface area contributed by atoms with Gasteiger partial charge in [-0.1, -0.05) is 32.9 Å². The summed E-state index contributed by atoms with van der Waals surface area (Å²) in [6, 6.07) is 7.88. The Hall–Kier alpha value is -1.51. The van der Waals surface area contributed by atoms with E-state index in [0.29, 0.717) is 12.5 Å². The van der Waals surface area contributed by atoms with Gasteiger partial charge < -0.3 is 10.1 Å². The van der Waals surface area contributed by atoms with Gasteiger partial charge >= 0.3 is 0 Å². The van der Waals surface area contributed by atoms with E-state index in [2.05, 4.69) is 32.2 Å². The molecule has 0 spiro atoms. The van der Waals surface area contributed by atoms with Crippen molar-refractivity contribution in [3.05, 3.63) is 29.8 Å². The molecule has 0 saturated carbocycles. The van der Waals surface area contributed by atoms with Gasteiger partial charge in [0, 0.05) is 6.54 Å². The van der Waals surface area contributed by atoms with E-state index in [4.69, 9.17) is 4.74 Å². The summed E-state index contributed by atoms with van der Waals surface area (Å²) in [5.74, 6) is 1.30. The van der Waals surface area contributed by atoms with Crippen molar-refractivity contribution in [1.82, 2.24) is 5.32 Å². The van der Waals surface area contributed by atoms with Crippen LogP contribution in [0.25, 0.3) is 0 Å². The van der Waals surface area contributed by atoms with Crippen LogP contribution in [0.1, 0.15) is 39.7 Å². The maximum atomic E-state index is 11.8. The average molecular weight is 263 g/mol. The summed E-state index contributed by atoms with van der Waals surface area (Å²) in [4.78, 5) is 11.8. The molecule has 106 valence electrons. The van der Waals surface area contributed by atoms with Crippen LogP contribution in [0, 0.1) is 5.92 Å². The minimum absolute atomic E-state index is 0.0532. The number of hydrogen-bond donors (Lipinski definition) is 1. The van der Waals surface area contributed by atoms with Crippen molar-refractivity contribution in [3.8, 4) is 5.75 Å². The van der Waals surface area contributed by atoms with Crippen molar-refractivity contribution in [1.29, 1.82) is 0 Å². The third-order valence-electron chi connectivity index (χ3n) is 3.01. The number of ether oxygens (including phenoxy) is 1. The van der Waals surface area contributed by atoms with Crippen molar-refractivity contribution in [2.75, 3.05) is 6.54 Å². The summed E-state index contributed by atoms with van der Waals surface area (Å²) >= 11 is 0. The molecule has 3 nitrogen and oxygen atoms in total. The minimum atomic E-state index is -0.459. The quantitative estimate of drug-likeness (QED) is 0.820. The van der Waals surface area contributed by atoms with Gasteiger partial charge in [0.2, 0.25) is 0 Å². The van der Waals surface area contributed by atoms with E-state index in [1.807, 2.05) is 18.2 Å². The summed E-state index contributed by atoms with van der Waals surface area (Å²) in [5, 5.41) is 2.90. The molecule has 0 radical (unpaired) electrons. The van der Waals surface area contributed by atoms with Gasteiger partial charge in [0.25, 0.3) is 5.91 Å². The Morgan fingerprint density at radius 1 is 1.32 bits per heavy atom. The highest BCUT2D eigenvalue weighted by molar-refractivity contribution is 5.80. The zero-order valence-electron chi connectivity index (χ0n) is 12.4. The molecule has 0 aromatic heterocycles. The molecule has 0 saturated heterocycles. The monoisotopic (exact) mass is 263 g/mol. The van der Waals surface area contributed by atoms with E-state index in [0.717, 1.165) is 18.6 Å². The minimum Gasteiger partial charge on any atom is -0.481 e. The molecule has 1 amide bonds. The first-order chi connectivity index (χ1) is 9.02. The van der Waals surface area contributed by atoms with Gasteiger partial charge in [-0.25, -0.2) is 0 Å². The Morgan fingerprint density at radius 2 is 2.05 bits per heavy atom. The standard InChI is InChI=1S/C16H25NO2/c1-5-14-7-6-8-15(11-14)19-13(4)16(18)17-10-9-12(2)3/h6-8,11-13H,5,9-10H2,1-4H3,(H,17,18). The molecule has 0 fully saturated rings. The second kappa shape index (κ2) is 7.82. The Morgan fingerprint density at radius 3 is 2.68 bits per heavy atom. The molecule has 0 heterocycles. The fourth-order valence-electron chi connectivity index (χ4n) is 1.72. The van der Waals surface area contributed by atoms with E-state index >= 15 is 0 Å². The average Bonchev–Trinajstić information content (AvgIpc) is 2.38. The van der Waals surface area contributed by atoms with Crippen molar-refractivity contribution >= 4 is 5.91 Å². The molecule has 1 unspecified atom stereocenters. The van der Waals surface area contributed by atoms with Gasteiger partial charge in [-0.05, 0) is 43.4 Å². The maximum Gasteiger partial charge on any atom is 0.260 e. The highest BCUT2D eigenvalue weighted by Crippen LogP contribution is 2.15. The number of aryl methyl sites for hydroxylation is 1. The van der Waals surface area contributed by atoms with Crippen molar-refractivity contribution in [2.45, 2.75) is 46.6 Å². The van der Waals surface area contributed by atoms with Gasteiger partial charge in [0.15, 0.2) is 6.10 Å². The highest BCUT2D eigenvalue weighted by atomic mass is 16.5. The van der Waals surface area contributed by atoms with Crippen LogP contribution in [0.2, 0.25) is 0 Å². The molecular formula is C16H25NO2. The number of nitrogens with one attached hydrogen (secondary N) is 1. The predicted molar refractivity (Wildman–Crippen MR) is 78.4 cm³/mol. The molecule has 1 atom stereocenters. The van der Waals surface area contributed by atoms with E-state index in [-0.39, 0.29) is 5.91 Å². The third kappa shape index (κ3) is 5.77. The molecule has 19 heavy (non-hydrogen) atoms. The van der Waals surface area contributed by atoms with Crippen LogP contribution in [-0.4, -0.2) is 18.6 Å². The summed E-state index contributed by atoms with van der Waals surface area (Å²) in [5.41, 5.74) is 1.21. The zero-order chi connectivity index (χ0) is 14.3. The second-order valence-corrected chi connectivity index (χ2v) is 5.23. The van der Waals surface area contributed by atoms with Crippen LogP contribution in [-0.2, 0) is 11.2 Å². The van der Waals surface area contributed by atoms with E-state index < -0.39 is 6.10 Å². The van der Waals surface area contributed by atoms with E-state index in [9.17, 15) is 4.79 Å². The number of carbonyl (C=O) groups is 1.